The third kappa shape index (κ3) is 6.22. The van der Waals surface area contributed by atoms with E-state index in [1.165, 1.54) is 6.08 Å². The summed E-state index contributed by atoms with van der Waals surface area (Å²) in [5, 5.41) is 4.68. The lowest BCUT2D eigenvalue weighted by Gasteiger charge is -2.04. The van der Waals surface area contributed by atoms with Crippen molar-refractivity contribution in [2.45, 2.75) is 19.8 Å². The number of hydrogen-bond acceptors (Lipinski definition) is 4. The number of hydrogen-bond donors (Lipinski definition) is 1. The van der Waals surface area contributed by atoms with Crippen LogP contribution in [-0.4, -0.2) is 30.8 Å². The van der Waals surface area contributed by atoms with E-state index in [0.717, 1.165) is 16.3 Å². The molecule has 0 fully saturated rings. The molecule has 0 aliphatic rings. The van der Waals surface area contributed by atoms with Crippen LogP contribution in [0.15, 0.2) is 48.5 Å². The Hall–Kier alpha value is -2.95. The van der Waals surface area contributed by atoms with Crippen molar-refractivity contribution < 1.29 is 19.1 Å². The molecule has 0 heterocycles. The number of ketones is 1. The van der Waals surface area contributed by atoms with Crippen LogP contribution in [0.1, 0.15) is 25.3 Å². The number of amides is 1. The summed E-state index contributed by atoms with van der Waals surface area (Å²) in [6.45, 7) is 1.79. The monoisotopic (exact) mass is 339 g/mol. The van der Waals surface area contributed by atoms with E-state index in [1.807, 2.05) is 42.5 Å². The summed E-state index contributed by atoms with van der Waals surface area (Å²) in [6, 6.07) is 13.9. The van der Waals surface area contributed by atoms with Crippen LogP contribution in [0.5, 0.6) is 0 Å². The zero-order chi connectivity index (χ0) is 18.1. The second kappa shape index (κ2) is 9.37. The number of nitrogens with one attached hydrogen (secondary N) is 1. The molecule has 2 aromatic rings. The molecule has 0 aliphatic carbocycles. The fraction of sp³-hybridized carbons (Fsp3) is 0.250. The number of fused-ring (bicyclic) bond motifs is 1. The lowest BCUT2D eigenvalue weighted by Crippen LogP contribution is -2.30. The van der Waals surface area contributed by atoms with E-state index < -0.39 is 5.97 Å². The SMILES string of the molecule is CCOC(=O)CNC(=O)CCC(=O)/C=C/c1ccc2ccccc2c1. The van der Waals surface area contributed by atoms with Crippen LogP contribution in [0, 0.1) is 0 Å². The maximum atomic E-state index is 11.9. The Labute approximate surface area is 146 Å². The van der Waals surface area contributed by atoms with Gasteiger partial charge in [-0.25, -0.2) is 0 Å². The minimum Gasteiger partial charge on any atom is -0.465 e. The van der Waals surface area contributed by atoms with Gasteiger partial charge in [0.2, 0.25) is 5.91 Å². The molecule has 0 radical (unpaired) electrons. The van der Waals surface area contributed by atoms with Crippen molar-refractivity contribution in [2.24, 2.45) is 0 Å². The maximum Gasteiger partial charge on any atom is 0.325 e. The van der Waals surface area contributed by atoms with Crippen LogP contribution in [0.4, 0.5) is 0 Å². The molecular weight excluding hydrogens is 318 g/mol. The average Bonchev–Trinajstić information content (AvgIpc) is 2.63. The zero-order valence-electron chi connectivity index (χ0n) is 14.2. The minimum atomic E-state index is -0.488. The highest BCUT2D eigenvalue weighted by atomic mass is 16.5. The van der Waals surface area contributed by atoms with Crippen molar-refractivity contribution in [3.63, 3.8) is 0 Å². The quantitative estimate of drug-likeness (QED) is 0.593. The summed E-state index contributed by atoms with van der Waals surface area (Å²) in [5.74, 6) is -0.974. The van der Waals surface area contributed by atoms with E-state index in [2.05, 4.69) is 5.32 Å². The number of rotatable bonds is 8. The van der Waals surface area contributed by atoms with E-state index in [9.17, 15) is 14.4 Å². The third-order valence-electron chi connectivity index (χ3n) is 3.57. The van der Waals surface area contributed by atoms with E-state index in [-0.39, 0.29) is 37.7 Å². The first-order valence-electron chi connectivity index (χ1n) is 8.20. The van der Waals surface area contributed by atoms with Gasteiger partial charge in [-0.05, 0) is 35.4 Å². The molecule has 0 unspecified atom stereocenters. The van der Waals surface area contributed by atoms with Gasteiger partial charge in [-0.2, -0.15) is 0 Å². The van der Waals surface area contributed by atoms with Crippen LogP contribution >= 0.6 is 0 Å². The molecule has 25 heavy (non-hydrogen) atoms. The second-order valence-electron chi connectivity index (χ2n) is 5.49. The molecule has 0 spiro atoms. The molecule has 0 bridgehead atoms. The largest absolute Gasteiger partial charge is 0.465 e. The second-order valence-corrected chi connectivity index (χ2v) is 5.49. The Morgan fingerprint density at radius 2 is 1.80 bits per heavy atom. The number of carbonyl (C=O) groups excluding carboxylic acids is 3. The van der Waals surface area contributed by atoms with Crippen LogP contribution < -0.4 is 5.32 Å². The van der Waals surface area contributed by atoms with Gasteiger partial charge in [0, 0.05) is 12.8 Å². The summed E-state index contributed by atoms with van der Waals surface area (Å²) in [4.78, 5) is 34.6. The van der Waals surface area contributed by atoms with Crippen molar-refractivity contribution in [2.75, 3.05) is 13.2 Å². The molecule has 2 rings (SSSR count). The molecule has 1 N–H and O–H groups in total. The smallest absolute Gasteiger partial charge is 0.325 e. The summed E-state index contributed by atoms with van der Waals surface area (Å²) in [5.41, 5.74) is 0.929. The highest BCUT2D eigenvalue weighted by molar-refractivity contribution is 5.96. The summed E-state index contributed by atoms with van der Waals surface area (Å²) in [7, 11) is 0. The number of benzene rings is 2. The van der Waals surface area contributed by atoms with Crippen LogP contribution in [0.2, 0.25) is 0 Å². The van der Waals surface area contributed by atoms with Gasteiger partial charge < -0.3 is 10.1 Å². The standard InChI is InChI=1S/C20H21NO4/c1-2-25-20(24)14-21-19(23)12-11-18(22)10-8-15-7-9-16-5-3-4-6-17(16)13-15/h3-10,13H,2,11-12,14H2,1H3,(H,21,23)/b10-8+. The molecule has 1 amide bonds. The molecule has 0 atom stereocenters. The number of esters is 1. The van der Waals surface area contributed by atoms with E-state index in [0.29, 0.717) is 0 Å². The average molecular weight is 339 g/mol. The van der Waals surface area contributed by atoms with Gasteiger partial charge >= 0.3 is 5.97 Å². The molecule has 0 saturated heterocycles. The topological polar surface area (TPSA) is 72.5 Å². The summed E-state index contributed by atoms with van der Waals surface area (Å²) < 4.78 is 4.70. The van der Waals surface area contributed by atoms with Crippen molar-refractivity contribution in [3.05, 3.63) is 54.1 Å². The third-order valence-corrected chi connectivity index (χ3v) is 3.57. The van der Waals surface area contributed by atoms with Crippen LogP contribution in [0.25, 0.3) is 16.8 Å². The molecule has 0 aliphatic heterocycles. The zero-order valence-corrected chi connectivity index (χ0v) is 14.2. The highest BCUT2D eigenvalue weighted by Crippen LogP contribution is 2.16. The fourth-order valence-electron chi connectivity index (χ4n) is 2.29. The van der Waals surface area contributed by atoms with Gasteiger partial charge in [0.05, 0.1) is 6.61 Å². The summed E-state index contributed by atoms with van der Waals surface area (Å²) in [6.07, 6.45) is 3.35. The van der Waals surface area contributed by atoms with Crippen molar-refractivity contribution in [1.29, 1.82) is 0 Å². The molecular formula is C20H21NO4. The van der Waals surface area contributed by atoms with E-state index in [1.54, 1.807) is 13.0 Å². The molecule has 0 aromatic heterocycles. The predicted molar refractivity (Wildman–Crippen MR) is 96.9 cm³/mol. The van der Waals surface area contributed by atoms with Gasteiger partial charge in [0.25, 0.3) is 0 Å². The van der Waals surface area contributed by atoms with Gasteiger partial charge in [-0.15, -0.1) is 0 Å². The van der Waals surface area contributed by atoms with Crippen molar-refractivity contribution in [3.8, 4) is 0 Å². The lowest BCUT2D eigenvalue weighted by molar-refractivity contribution is -0.143. The van der Waals surface area contributed by atoms with Gasteiger partial charge in [0.15, 0.2) is 5.78 Å². The number of ether oxygens (including phenoxy) is 1. The Morgan fingerprint density at radius 3 is 2.56 bits per heavy atom. The first kappa shape index (κ1) is 18.4. The van der Waals surface area contributed by atoms with Gasteiger partial charge in [0.1, 0.15) is 6.54 Å². The van der Waals surface area contributed by atoms with E-state index in [4.69, 9.17) is 4.74 Å². The fourth-order valence-corrected chi connectivity index (χ4v) is 2.29. The van der Waals surface area contributed by atoms with Crippen molar-refractivity contribution >= 4 is 34.5 Å². The van der Waals surface area contributed by atoms with Gasteiger partial charge in [-0.1, -0.05) is 42.5 Å². The Bertz CT molecular complexity index is 795. The minimum absolute atomic E-state index is 0.0420. The normalized spacial score (nSPS) is 10.8. The first-order chi connectivity index (χ1) is 12.1. The molecule has 2 aromatic carbocycles. The Morgan fingerprint density at radius 1 is 1.04 bits per heavy atom. The number of carbonyl (C=O) groups is 3. The molecule has 130 valence electrons. The van der Waals surface area contributed by atoms with Gasteiger partial charge in [-0.3, -0.25) is 14.4 Å². The van der Waals surface area contributed by atoms with Crippen LogP contribution in [-0.2, 0) is 19.1 Å². The first-order valence-corrected chi connectivity index (χ1v) is 8.20. The molecule has 0 saturated carbocycles. The molecule has 5 heteroatoms. The highest BCUT2D eigenvalue weighted by Gasteiger charge is 2.07. The predicted octanol–water partition coefficient (Wildman–Crippen LogP) is 2.88. The van der Waals surface area contributed by atoms with Crippen LogP contribution in [0.3, 0.4) is 0 Å². The number of allylic oxidation sites excluding steroid dienone is 1. The Kier molecular flexibility index (Phi) is 6.89. The van der Waals surface area contributed by atoms with E-state index >= 15 is 0 Å². The molecule has 5 nitrogen and oxygen atoms in total. The van der Waals surface area contributed by atoms with Crippen molar-refractivity contribution in [1.82, 2.24) is 5.32 Å². The lowest BCUT2D eigenvalue weighted by atomic mass is 10.1. The Balaban J connectivity index is 1.79. The summed E-state index contributed by atoms with van der Waals surface area (Å²) >= 11 is 0. The maximum absolute atomic E-state index is 11.9.